The molecule has 4 heteroatoms. The molecule has 0 aromatic carbocycles. The fraction of sp³-hybridized carbons (Fsp3) is 0.938. The van der Waals surface area contributed by atoms with Crippen LogP contribution in [0.5, 0.6) is 0 Å². The number of carbonyl (C=O) groups excluding carboxylic acids is 1. The number of hydrogen-bond donors (Lipinski definition) is 1. The zero-order valence-corrected chi connectivity index (χ0v) is 13.8. The number of nitrogens with one attached hydrogen (secondary N) is 1. The number of likely N-dealkylation sites (N-methyl/N-ethyl adjacent to an activating group) is 1. The third-order valence-electron chi connectivity index (χ3n) is 5.39. The lowest BCUT2D eigenvalue weighted by Gasteiger charge is -2.38. The molecule has 0 bridgehead atoms. The molecule has 1 amide bonds. The largest absolute Gasteiger partial charge is 0.340 e. The summed E-state index contributed by atoms with van der Waals surface area (Å²) in [5.41, 5.74) is -0.242. The van der Waals surface area contributed by atoms with E-state index in [-0.39, 0.29) is 5.41 Å². The second kappa shape index (κ2) is 6.02. The Morgan fingerprint density at radius 2 is 2.00 bits per heavy atom. The minimum Gasteiger partial charge on any atom is -0.340 e. The van der Waals surface area contributed by atoms with Crippen molar-refractivity contribution in [2.45, 2.75) is 39.7 Å². The Morgan fingerprint density at radius 1 is 1.30 bits per heavy atom. The Hall–Kier alpha value is -0.610. The highest BCUT2D eigenvalue weighted by Crippen LogP contribution is 2.35. The van der Waals surface area contributed by atoms with Crippen LogP contribution in [0.2, 0.25) is 0 Å². The van der Waals surface area contributed by atoms with E-state index in [2.05, 4.69) is 50.0 Å². The number of rotatable bonds is 3. The Labute approximate surface area is 123 Å². The average molecular weight is 281 g/mol. The molecular formula is C16H31N3O. The molecule has 116 valence electrons. The molecule has 3 atom stereocenters. The van der Waals surface area contributed by atoms with E-state index >= 15 is 0 Å². The molecule has 0 saturated carbocycles. The molecule has 2 aliphatic rings. The summed E-state index contributed by atoms with van der Waals surface area (Å²) in [5, 5.41) is 3.44. The summed E-state index contributed by atoms with van der Waals surface area (Å²) in [6.45, 7) is 10.4. The van der Waals surface area contributed by atoms with Crippen LogP contribution < -0.4 is 5.32 Å². The number of piperidine rings is 1. The van der Waals surface area contributed by atoms with Crippen LogP contribution in [-0.2, 0) is 4.79 Å². The Bertz CT molecular complexity index is 348. The van der Waals surface area contributed by atoms with Crippen molar-refractivity contribution >= 4 is 5.91 Å². The van der Waals surface area contributed by atoms with Gasteiger partial charge in [0, 0.05) is 24.5 Å². The van der Waals surface area contributed by atoms with Gasteiger partial charge in [-0.05, 0) is 51.9 Å². The molecule has 0 spiro atoms. The van der Waals surface area contributed by atoms with Crippen LogP contribution in [0.3, 0.4) is 0 Å². The number of hydrogen-bond acceptors (Lipinski definition) is 3. The molecule has 0 radical (unpaired) electrons. The van der Waals surface area contributed by atoms with Crippen LogP contribution in [0.15, 0.2) is 0 Å². The quantitative estimate of drug-likeness (QED) is 0.850. The zero-order valence-electron chi connectivity index (χ0n) is 13.8. The summed E-state index contributed by atoms with van der Waals surface area (Å²) in [6, 6.07) is 0.499. The van der Waals surface area contributed by atoms with Crippen molar-refractivity contribution in [2.24, 2.45) is 17.3 Å². The summed E-state index contributed by atoms with van der Waals surface area (Å²) in [5.74, 6) is 1.38. The third-order valence-corrected chi connectivity index (χ3v) is 5.39. The van der Waals surface area contributed by atoms with Gasteiger partial charge in [-0.1, -0.05) is 20.8 Å². The highest BCUT2D eigenvalue weighted by atomic mass is 16.2. The topological polar surface area (TPSA) is 35.6 Å². The summed E-state index contributed by atoms with van der Waals surface area (Å²) < 4.78 is 0. The van der Waals surface area contributed by atoms with Gasteiger partial charge in [0.15, 0.2) is 0 Å². The lowest BCUT2D eigenvalue weighted by molar-refractivity contribution is -0.143. The van der Waals surface area contributed by atoms with Crippen LogP contribution in [0.4, 0.5) is 0 Å². The first-order chi connectivity index (χ1) is 9.34. The van der Waals surface area contributed by atoms with Gasteiger partial charge >= 0.3 is 0 Å². The monoisotopic (exact) mass is 281 g/mol. The van der Waals surface area contributed by atoms with Gasteiger partial charge in [-0.25, -0.2) is 0 Å². The van der Waals surface area contributed by atoms with Crippen LogP contribution in [0.1, 0.15) is 33.6 Å². The number of nitrogens with zero attached hydrogens (tertiary/aromatic N) is 2. The van der Waals surface area contributed by atoms with Gasteiger partial charge in [0.1, 0.15) is 0 Å². The first kappa shape index (κ1) is 15.8. The molecule has 2 aliphatic heterocycles. The molecule has 20 heavy (non-hydrogen) atoms. The van der Waals surface area contributed by atoms with Crippen LogP contribution in [0, 0.1) is 17.3 Å². The van der Waals surface area contributed by atoms with Gasteiger partial charge in [0.2, 0.25) is 5.91 Å². The molecular weight excluding hydrogens is 250 g/mol. The van der Waals surface area contributed by atoms with Crippen molar-refractivity contribution in [3.05, 3.63) is 0 Å². The number of amides is 1. The molecule has 2 saturated heterocycles. The summed E-state index contributed by atoms with van der Waals surface area (Å²) >= 11 is 0. The Morgan fingerprint density at radius 3 is 2.50 bits per heavy atom. The second-order valence-electron chi connectivity index (χ2n) is 7.48. The molecule has 0 aliphatic carbocycles. The lowest BCUT2D eigenvalue weighted by atomic mass is 9.74. The van der Waals surface area contributed by atoms with Crippen molar-refractivity contribution < 1.29 is 4.79 Å². The minimum absolute atomic E-state index is 0.242. The fourth-order valence-corrected chi connectivity index (χ4v) is 3.84. The third kappa shape index (κ3) is 3.01. The van der Waals surface area contributed by atoms with Gasteiger partial charge in [-0.3, -0.25) is 4.79 Å². The van der Waals surface area contributed by atoms with Crippen molar-refractivity contribution in [2.75, 3.05) is 40.3 Å². The van der Waals surface area contributed by atoms with Crippen molar-refractivity contribution in [3.63, 3.8) is 0 Å². The zero-order chi connectivity index (χ0) is 14.9. The Balaban J connectivity index is 2.03. The molecule has 2 rings (SSSR count). The smallest absolute Gasteiger partial charge is 0.228 e. The standard InChI is InChI=1S/C16H31N3O/c1-12-10-19(11-14(12)18(4)5)15(20)16(2,3)13-7-6-8-17-9-13/h12-14,17H,6-11H2,1-5H3. The maximum absolute atomic E-state index is 13.0. The summed E-state index contributed by atoms with van der Waals surface area (Å²) in [7, 11) is 4.23. The first-order valence-electron chi connectivity index (χ1n) is 8.00. The van der Waals surface area contributed by atoms with Crippen LogP contribution in [0.25, 0.3) is 0 Å². The molecule has 1 N–H and O–H groups in total. The average Bonchev–Trinajstić information content (AvgIpc) is 2.81. The van der Waals surface area contributed by atoms with E-state index < -0.39 is 0 Å². The molecule has 2 heterocycles. The SMILES string of the molecule is CC1CN(C(=O)C(C)(C)C2CCCNC2)CC1N(C)C. The summed E-state index contributed by atoms with van der Waals surface area (Å²) in [6.07, 6.45) is 2.37. The number of likely N-dealkylation sites (tertiary alicyclic amines) is 1. The predicted molar refractivity (Wildman–Crippen MR) is 82.6 cm³/mol. The number of carbonyl (C=O) groups is 1. The van der Waals surface area contributed by atoms with E-state index in [1.807, 2.05) is 0 Å². The van der Waals surface area contributed by atoms with Crippen LogP contribution >= 0.6 is 0 Å². The molecule has 2 fully saturated rings. The van der Waals surface area contributed by atoms with Gasteiger partial charge in [0.05, 0.1) is 0 Å². The van der Waals surface area contributed by atoms with Gasteiger partial charge in [0.25, 0.3) is 0 Å². The van der Waals surface area contributed by atoms with Crippen LogP contribution in [-0.4, -0.2) is 62.0 Å². The normalized spacial score (nSPS) is 31.9. The van der Waals surface area contributed by atoms with E-state index in [0.717, 1.165) is 26.2 Å². The lowest BCUT2D eigenvalue weighted by Crippen LogP contribution is -2.48. The molecule has 0 aromatic rings. The van der Waals surface area contributed by atoms with Crippen molar-refractivity contribution in [1.82, 2.24) is 15.1 Å². The van der Waals surface area contributed by atoms with E-state index in [9.17, 15) is 4.79 Å². The maximum atomic E-state index is 13.0. The van der Waals surface area contributed by atoms with E-state index in [4.69, 9.17) is 0 Å². The predicted octanol–water partition coefficient (Wildman–Crippen LogP) is 1.42. The minimum atomic E-state index is -0.242. The highest BCUT2D eigenvalue weighted by Gasteiger charge is 2.43. The molecule has 3 unspecified atom stereocenters. The van der Waals surface area contributed by atoms with Crippen molar-refractivity contribution in [1.29, 1.82) is 0 Å². The highest BCUT2D eigenvalue weighted by molar-refractivity contribution is 5.82. The van der Waals surface area contributed by atoms with E-state index in [1.165, 1.54) is 12.8 Å². The first-order valence-corrected chi connectivity index (χ1v) is 8.00. The van der Waals surface area contributed by atoms with Gasteiger partial charge in [-0.15, -0.1) is 0 Å². The second-order valence-corrected chi connectivity index (χ2v) is 7.48. The van der Waals surface area contributed by atoms with Crippen molar-refractivity contribution in [3.8, 4) is 0 Å². The van der Waals surface area contributed by atoms with E-state index in [0.29, 0.717) is 23.8 Å². The maximum Gasteiger partial charge on any atom is 0.228 e. The fourth-order valence-electron chi connectivity index (χ4n) is 3.84. The van der Waals surface area contributed by atoms with E-state index in [1.54, 1.807) is 0 Å². The molecule has 0 aromatic heterocycles. The molecule has 4 nitrogen and oxygen atoms in total. The summed E-state index contributed by atoms with van der Waals surface area (Å²) in [4.78, 5) is 17.3. The Kier molecular flexibility index (Phi) is 4.75. The van der Waals surface area contributed by atoms with Gasteiger partial charge < -0.3 is 15.1 Å². The van der Waals surface area contributed by atoms with Gasteiger partial charge in [-0.2, -0.15) is 0 Å².